The second kappa shape index (κ2) is 2.97. The van der Waals surface area contributed by atoms with Crippen molar-refractivity contribution in [2.45, 2.75) is 5.92 Å². The van der Waals surface area contributed by atoms with E-state index in [1.807, 2.05) is 0 Å². The molecule has 2 rings (SSSR count). The van der Waals surface area contributed by atoms with E-state index >= 15 is 0 Å². The summed E-state index contributed by atoms with van der Waals surface area (Å²) in [5.74, 6) is -2.14. The van der Waals surface area contributed by atoms with Crippen LogP contribution >= 0.6 is 0 Å². The molecule has 0 spiro atoms. The second-order valence-corrected chi connectivity index (χ2v) is 3.44. The molecule has 1 aromatic rings. The fourth-order valence-electron chi connectivity index (χ4n) is 1.87. The second-order valence-electron chi connectivity index (χ2n) is 3.44. The smallest absolute Gasteiger partial charge is 0.312 e. The van der Waals surface area contributed by atoms with Crippen molar-refractivity contribution in [1.82, 2.24) is 0 Å². The fraction of sp³-hybridized carbons (Fsp3) is 0.300. The summed E-state index contributed by atoms with van der Waals surface area (Å²) < 4.78 is 13.4. The average molecular weight is 195 g/mol. The number of carboxylic acids is 1. The topological polar surface area (TPSA) is 40.5 Å². The van der Waals surface area contributed by atoms with Gasteiger partial charge in [-0.05, 0) is 12.1 Å². The van der Waals surface area contributed by atoms with Crippen LogP contribution in [0.4, 0.5) is 10.1 Å². The van der Waals surface area contributed by atoms with Gasteiger partial charge in [-0.3, -0.25) is 4.79 Å². The van der Waals surface area contributed by atoms with Crippen LogP contribution in [0.2, 0.25) is 0 Å². The van der Waals surface area contributed by atoms with Gasteiger partial charge in [0, 0.05) is 24.8 Å². The molecule has 0 fully saturated rings. The number of carbonyl (C=O) groups is 1. The lowest BCUT2D eigenvalue weighted by Crippen LogP contribution is -2.20. The summed E-state index contributed by atoms with van der Waals surface area (Å²) in [7, 11) is 1.77. The van der Waals surface area contributed by atoms with Gasteiger partial charge in [0.2, 0.25) is 0 Å². The monoisotopic (exact) mass is 195 g/mol. The summed E-state index contributed by atoms with van der Waals surface area (Å²) in [5, 5.41) is 8.91. The van der Waals surface area contributed by atoms with Crippen molar-refractivity contribution in [2.75, 3.05) is 18.5 Å². The molecule has 0 radical (unpaired) electrons. The lowest BCUT2D eigenvalue weighted by atomic mass is 10.0. The zero-order chi connectivity index (χ0) is 10.3. The van der Waals surface area contributed by atoms with Crippen LogP contribution < -0.4 is 4.90 Å². The van der Waals surface area contributed by atoms with Crippen molar-refractivity contribution in [3.05, 3.63) is 29.6 Å². The van der Waals surface area contributed by atoms with E-state index in [0.29, 0.717) is 17.8 Å². The Hall–Kier alpha value is -1.58. The maximum atomic E-state index is 13.4. The Labute approximate surface area is 80.8 Å². The van der Waals surface area contributed by atoms with Crippen molar-refractivity contribution in [1.29, 1.82) is 0 Å². The number of hydrogen-bond acceptors (Lipinski definition) is 2. The molecular formula is C10H10FNO2. The molecule has 0 amide bonds. The minimum Gasteiger partial charge on any atom is -0.481 e. The van der Waals surface area contributed by atoms with Crippen molar-refractivity contribution in [2.24, 2.45) is 0 Å². The third-order valence-corrected chi connectivity index (χ3v) is 2.54. The molecule has 1 heterocycles. The predicted octanol–water partition coefficient (Wildman–Crippen LogP) is 1.44. The zero-order valence-electron chi connectivity index (χ0n) is 7.70. The van der Waals surface area contributed by atoms with Gasteiger partial charge in [0.15, 0.2) is 0 Å². The zero-order valence-corrected chi connectivity index (χ0v) is 7.70. The van der Waals surface area contributed by atoms with Gasteiger partial charge >= 0.3 is 5.97 Å². The molecule has 74 valence electrons. The fourth-order valence-corrected chi connectivity index (χ4v) is 1.87. The molecule has 0 saturated heterocycles. The normalized spacial score (nSPS) is 19.6. The molecule has 0 aromatic heterocycles. The van der Waals surface area contributed by atoms with Crippen LogP contribution in [-0.2, 0) is 4.79 Å². The number of likely N-dealkylation sites (N-methyl/N-ethyl adjacent to an activating group) is 1. The van der Waals surface area contributed by atoms with Crippen LogP contribution in [0.15, 0.2) is 18.2 Å². The predicted molar refractivity (Wildman–Crippen MR) is 50.0 cm³/mol. The van der Waals surface area contributed by atoms with E-state index < -0.39 is 17.7 Å². The molecular weight excluding hydrogens is 185 g/mol. The van der Waals surface area contributed by atoms with Gasteiger partial charge in [0.05, 0.1) is 0 Å². The van der Waals surface area contributed by atoms with Crippen molar-refractivity contribution < 1.29 is 14.3 Å². The van der Waals surface area contributed by atoms with E-state index in [4.69, 9.17) is 5.11 Å². The lowest BCUT2D eigenvalue weighted by Gasteiger charge is -2.10. The third-order valence-electron chi connectivity index (χ3n) is 2.54. The Morgan fingerprint density at radius 3 is 3.00 bits per heavy atom. The number of aliphatic carboxylic acids is 1. The van der Waals surface area contributed by atoms with Crippen LogP contribution in [0.5, 0.6) is 0 Å². The van der Waals surface area contributed by atoms with Crippen LogP contribution in [0, 0.1) is 5.82 Å². The summed E-state index contributed by atoms with van der Waals surface area (Å²) >= 11 is 0. The third kappa shape index (κ3) is 1.14. The van der Waals surface area contributed by atoms with Gasteiger partial charge in [0.25, 0.3) is 0 Å². The highest BCUT2D eigenvalue weighted by Crippen LogP contribution is 2.36. The molecule has 0 bridgehead atoms. The molecule has 1 atom stereocenters. The highest BCUT2D eigenvalue weighted by atomic mass is 19.1. The standard InChI is InChI=1S/C10H10FNO2/c1-12-5-6(10(13)14)9-7(11)3-2-4-8(9)12/h2-4,6H,5H2,1H3,(H,13,14). The molecule has 1 unspecified atom stereocenters. The maximum absolute atomic E-state index is 13.4. The molecule has 1 aliphatic rings. The maximum Gasteiger partial charge on any atom is 0.312 e. The minimum absolute atomic E-state index is 0.308. The van der Waals surface area contributed by atoms with E-state index in [-0.39, 0.29) is 0 Å². The van der Waals surface area contributed by atoms with E-state index in [1.54, 1.807) is 24.1 Å². The molecule has 1 aromatic carbocycles. The van der Waals surface area contributed by atoms with Crippen molar-refractivity contribution in [3.8, 4) is 0 Å². The molecule has 14 heavy (non-hydrogen) atoms. The van der Waals surface area contributed by atoms with E-state index in [0.717, 1.165) is 0 Å². The largest absolute Gasteiger partial charge is 0.481 e. The van der Waals surface area contributed by atoms with Crippen LogP contribution in [0.1, 0.15) is 11.5 Å². The SMILES string of the molecule is CN1CC(C(=O)O)c2c(F)cccc21. The summed E-state index contributed by atoms with van der Waals surface area (Å²) in [6.07, 6.45) is 0. The highest BCUT2D eigenvalue weighted by Gasteiger charge is 2.34. The first-order valence-corrected chi connectivity index (χ1v) is 4.33. The molecule has 4 heteroatoms. The van der Waals surface area contributed by atoms with E-state index in [1.165, 1.54) is 6.07 Å². The van der Waals surface area contributed by atoms with Crippen molar-refractivity contribution >= 4 is 11.7 Å². The first kappa shape index (κ1) is 8.99. The van der Waals surface area contributed by atoms with Crippen LogP contribution in [0.25, 0.3) is 0 Å². The molecule has 1 N–H and O–H groups in total. The Morgan fingerprint density at radius 2 is 2.36 bits per heavy atom. The molecule has 1 aliphatic heterocycles. The van der Waals surface area contributed by atoms with Gasteiger partial charge in [-0.15, -0.1) is 0 Å². The Morgan fingerprint density at radius 1 is 1.64 bits per heavy atom. The van der Waals surface area contributed by atoms with Crippen LogP contribution in [-0.4, -0.2) is 24.7 Å². The lowest BCUT2D eigenvalue weighted by molar-refractivity contribution is -0.138. The molecule has 0 saturated carbocycles. The number of rotatable bonds is 1. The molecule has 0 aliphatic carbocycles. The number of nitrogens with zero attached hydrogens (tertiary/aromatic N) is 1. The van der Waals surface area contributed by atoms with Gasteiger partial charge < -0.3 is 10.0 Å². The quantitative estimate of drug-likeness (QED) is 0.737. The summed E-state index contributed by atoms with van der Waals surface area (Å²) in [5.41, 5.74) is 0.986. The summed E-state index contributed by atoms with van der Waals surface area (Å²) in [4.78, 5) is 12.6. The Balaban J connectivity index is 2.56. The minimum atomic E-state index is -0.972. The van der Waals surface area contributed by atoms with Gasteiger partial charge in [-0.1, -0.05) is 6.07 Å². The first-order valence-electron chi connectivity index (χ1n) is 4.33. The number of fused-ring (bicyclic) bond motifs is 1. The van der Waals surface area contributed by atoms with Gasteiger partial charge in [-0.25, -0.2) is 4.39 Å². The van der Waals surface area contributed by atoms with Gasteiger partial charge in [0.1, 0.15) is 11.7 Å². The summed E-state index contributed by atoms with van der Waals surface area (Å²) in [6.45, 7) is 0.339. The number of halogens is 1. The number of hydrogen-bond donors (Lipinski definition) is 1. The first-order chi connectivity index (χ1) is 6.61. The summed E-state index contributed by atoms with van der Waals surface area (Å²) in [6, 6.07) is 4.63. The highest BCUT2D eigenvalue weighted by molar-refractivity contribution is 5.82. The van der Waals surface area contributed by atoms with E-state index in [2.05, 4.69) is 0 Å². The van der Waals surface area contributed by atoms with Crippen LogP contribution in [0.3, 0.4) is 0 Å². The number of carboxylic acid groups (broad SMARTS) is 1. The number of benzene rings is 1. The van der Waals surface area contributed by atoms with E-state index in [9.17, 15) is 9.18 Å². The van der Waals surface area contributed by atoms with Crippen molar-refractivity contribution in [3.63, 3.8) is 0 Å². The average Bonchev–Trinajstić information content (AvgIpc) is 2.46. The Kier molecular flexibility index (Phi) is 1.91. The van der Waals surface area contributed by atoms with Gasteiger partial charge in [-0.2, -0.15) is 0 Å². The molecule has 3 nitrogen and oxygen atoms in total. The Bertz CT molecular complexity index is 392. The number of anilines is 1.